The first-order chi connectivity index (χ1) is 17.1. The predicted octanol–water partition coefficient (Wildman–Crippen LogP) is 4.29. The molecule has 1 aromatic carbocycles. The molecule has 0 saturated carbocycles. The predicted molar refractivity (Wildman–Crippen MR) is 126 cm³/mol. The van der Waals surface area contributed by atoms with Gasteiger partial charge in [0.05, 0.1) is 18.6 Å². The number of hydrogen-bond donors (Lipinski definition) is 1. The Morgan fingerprint density at radius 1 is 1.29 bits per heavy atom. The van der Waals surface area contributed by atoms with Crippen LogP contribution in [-0.4, -0.2) is 41.1 Å². The van der Waals surface area contributed by atoms with Gasteiger partial charge in [-0.25, -0.2) is 14.1 Å². The lowest BCUT2D eigenvalue weighted by Crippen LogP contribution is -2.34. The Balaban J connectivity index is 1.16. The van der Waals surface area contributed by atoms with Crippen molar-refractivity contribution in [3.63, 3.8) is 0 Å². The van der Waals surface area contributed by atoms with Crippen LogP contribution >= 0.6 is 0 Å². The monoisotopic (exact) mass is 475 g/mol. The number of cyclic esters (lactones) is 1. The maximum absolute atomic E-state index is 13.6. The van der Waals surface area contributed by atoms with Gasteiger partial charge in [-0.05, 0) is 54.3 Å². The molecule has 9 heteroatoms. The minimum absolute atomic E-state index is 0.115. The van der Waals surface area contributed by atoms with Crippen LogP contribution < -0.4 is 5.32 Å². The molecule has 1 aromatic heterocycles. The van der Waals surface area contributed by atoms with Gasteiger partial charge in [0.2, 0.25) is 11.8 Å². The Kier molecular flexibility index (Phi) is 6.30. The van der Waals surface area contributed by atoms with E-state index in [1.807, 2.05) is 12.2 Å². The third-order valence-corrected chi connectivity index (χ3v) is 5.68. The molecule has 178 valence electrons. The number of nitrogens with one attached hydrogen (secondary N) is 1. The van der Waals surface area contributed by atoms with Crippen LogP contribution in [0.1, 0.15) is 18.4 Å². The molecule has 5 rings (SSSR count). The third-order valence-electron chi connectivity index (χ3n) is 5.68. The van der Waals surface area contributed by atoms with E-state index in [0.29, 0.717) is 22.2 Å². The van der Waals surface area contributed by atoms with E-state index in [0.717, 1.165) is 18.4 Å². The van der Waals surface area contributed by atoms with Gasteiger partial charge in [0, 0.05) is 17.7 Å². The maximum atomic E-state index is 13.6. The summed E-state index contributed by atoms with van der Waals surface area (Å²) < 4.78 is 30.2. The number of ether oxygens (including phenoxy) is 3. The molecule has 0 bridgehead atoms. The smallest absolute Gasteiger partial charge is 0.417 e. The van der Waals surface area contributed by atoms with Crippen molar-refractivity contribution in [3.8, 4) is 0 Å². The zero-order valence-corrected chi connectivity index (χ0v) is 18.6. The van der Waals surface area contributed by atoms with Gasteiger partial charge in [-0.1, -0.05) is 18.2 Å². The zero-order chi connectivity index (χ0) is 24.2. The second-order valence-corrected chi connectivity index (χ2v) is 8.09. The van der Waals surface area contributed by atoms with E-state index in [2.05, 4.69) is 16.4 Å². The molecule has 8 nitrogen and oxygen atoms in total. The number of aromatic nitrogens is 1. The van der Waals surface area contributed by atoms with Gasteiger partial charge in [-0.3, -0.25) is 9.78 Å². The summed E-state index contributed by atoms with van der Waals surface area (Å²) in [5.74, 6) is 0.0212. The number of halogens is 1. The molecule has 2 aromatic rings. The fourth-order valence-electron chi connectivity index (χ4n) is 3.91. The molecule has 1 saturated heterocycles. The van der Waals surface area contributed by atoms with E-state index in [4.69, 9.17) is 14.2 Å². The number of nitrogens with zero attached hydrogens (tertiary/aromatic N) is 2. The highest BCUT2D eigenvalue weighted by Crippen LogP contribution is 2.29. The van der Waals surface area contributed by atoms with Crippen LogP contribution in [-0.2, 0) is 19.0 Å². The van der Waals surface area contributed by atoms with Gasteiger partial charge in [0.1, 0.15) is 18.2 Å². The van der Waals surface area contributed by atoms with Crippen LogP contribution in [0.2, 0.25) is 0 Å². The normalized spacial score (nSPS) is 19.6. The fraction of sp³-hybridized carbons (Fsp3) is 0.192. The number of carbonyl (C=O) groups is 2. The molecule has 0 radical (unpaired) electrons. The topological polar surface area (TPSA) is 90.0 Å². The molecule has 3 aliphatic rings. The molecule has 1 aliphatic carbocycles. The van der Waals surface area contributed by atoms with Crippen molar-refractivity contribution in [1.29, 1.82) is 0 Å². The summed E-state index contributed by atoms with van der Waals surface area (Å²) in [6, 6.07) is 6.00. The van der Waals surface area contributed by atoms with Crippen molar-refractivity contribution in [2.24, 2.45) is 0 Å². The van der Waals surface area contributed by atoms with Gasteiger partial charge < -0.3 is 19.5 Å². The van der Waals surface area contributed by atoms with Crippen molar-refractivity contribution < 1.29 is 28.2 Å². The average molecular weight is 475 g/mol. The number of carbonyl (C=O) groups excluding carboxylic acids is 2. The Morgan fingerprint density at radius 2 is 2.20 bits per heavy atom. The van der Waals surface area contributed by atoms with Gasteiger partial charge in [0.15, 0.2) is 12.0 Å². The molecule has 1 fully saturated rings. The van der Waals surface area contributed by atoms with Crippen molar-refractivity contribution in [2.75, 3.05) is 13.1 Å². The van der Waals surface area contributed by atoms with Gasteiger partial charge >= 0.3 is 6.09 Å². The first-order valence-corrected chi connectivity index (χ1v) is 11.1. The van der Waals surface area contributed by atoms with E-state index in [9.17, 15) is 14.0 Å². The lowest BCUT2D eigenvalue weighted by Gasteiger charge is -2.23. The van der Waals surface area contributed by atoms with Gasteiger partial charge in [0.25, 0.3) is 0 Å². The number of allylic oxidation sites excluding steroid dienone is 4. The lowest BCUT2D eigenvalue weighted by molar-refractivity contribution is -0.116. The van der Waals surface area contributed by atoms with Gasteiger partial charge in [-0.2, -0.15) is 0 Å². The van der Waals surface area contributed by atoms with E-state index in [1.54, 1.807) is 24.4 Å². The van der Waals surface area contributed by atoms with Crippen LogP contribution in [0, 0.1) is 5.82 Å². The number of pyridine rings is 1. The summed E-state index contributed by atoms with van der Waals surface area (Å²) in [4.78, 5) is 30.3. The average Bonchev–Trinajstić information content (AvgIpc) is 3.27. The van der Waals surface area contributed by atoms with Crippen LogP contribution in [0.5, 0.6) is 0 Å². The minimum atomic E-state index is -0.585. The molecule has 0 spiro atoms. The summed E-state index contributed by atoms with van der Waals surface area (Å²) in [5, 5.41) is 3.32. The highest BCUT2D eigenvalue weighted by atomic mass is 19.1. The summed E-state index contributed by atoms with van der Waals surface area (Å²) >= 11 is 0. The Morgan fingerprint density at radius 3 is 3.06 bits per heavy atom. The molecule has 1 atom stereocenters. The molecular formula is C26H22FN3O5. The third kappa shape index (κ3) is 5.08. The molecule has 35 heavy (non-hydrogen) atoms. The quantitative estimate of drug-likeness (QED) is 0.627. The van der Waals surface area contributed by atoms with E-state index < -0.39 is 12.2 Å². The summed E-state index contributed by atoms with van der Waals surface area (Å²) in [7, 11) is 0. The number of rotatable bonds is 6. The second-order valence-electron chi connectivity index (χ2n) is 8.09. The number of amides is 2. The van der Waals surface area contributed by atoms with Crippen LogP contribution in [0.15, 0.2) is 84.5 Å². The van der Waals surface area contributed by atoms with Crippen molar-refractivity contribution >= 4 is 29.0 Å². The van der Waals surface area contributed by atoms with Crippen molar-refractivity contribution in [2.45, 2.75) is 18.9 Å². The molecular weight excluding hydrogens is 453 g/mol. The van der Waals surface area contributed by atoms with Crippen LogP contribution in [0.4, 0.5) is 9.18 Å². The highest BCUT2D eigenvalue weighted by Gasteiger charge is 2.36. The molecule has 2 aliphatic heterocycles. The maximum Gasteiger partial charge on any atom is 0.417 e. The Labute approximate surface area is 200 Å². The van der Waals surface area contributed by atoms with Crippen molar-refractivity contribution in [3.05, 3.63) is 95.9 Å². The highest BCUT2D eigenvalue weighted by molar-refractivity contribution is 5.95. The minimum Gasteiger partial charge on any atom is -0.463 e. The van der Waals surface area contributed by atoms with Gasteiger partial charge in [-0.15, -0.1) is 0 Å². The number of hydrogen-bond acceptors (Lipinski definition) is 6. The lowest BCUT2D eigenvalue weighted by atomic mass is 10.0. The SMILES string of the molecule is O=C(/C=C/c1ccnc2ccc(F)cc12)NC[C@@H]1CN(C2=COC=C(C3=CC=CCC3)O2)C(=O)O1. The fourth-order valence-corrected chi connectivity index (χ4v) is 3.91. The first-order valence-electron chi connectivity index (χ1n) is 11.1. The first kappa shape index (κ1) is 22.4. The number of benzene rings is 1. The molecule has 2 amide bonds. The Bertz CT molecular complexity index is 1330. The van der Waals surface area contributed by atoms with E-state index in [1.165, 1.54) is 35.6 Å². The summed E-state index contributed by atoms with van der Waals surface area (Å²) in [6.07, 6.45) is 13.9. The molecule has 1 N–H and O–H groups in total. The summed E-state index contributed by atoms with van der Waals surface area (Å²) in [5.41, 5.74) is 2.27. The van der Waals surface area contributed by atoms with E-state index in [-0.39, 0.29) is 30.7 Å². The van der Waals surface area contributed by atoms with Crippen LogP contribution in [0.3, 0.4) is 0 Å². The van der Waals surface area contributed by atoms with Crippen molar-refractivity contribution in [1.82, 2.24) is 15.2 Å². The summed E-state index contributed by atoms with van der Waals surface area (Å²) in [6.45, 7) is 0.308. The van der Waals surface area contributed by atoms with Crippen LogP contribution in [0.25, 0.3) is 17.0 Å². The second kappa shape index (κ2) is 9.84. The standard InChI is InChI=1S/C26H22FN3O5/c27-19-7-8-22-21(12-19)17(10-11-28-22)6-9-24(31)29-13-20-14-30(26(32)34-20)25-16-33-15-23(35-25)18-4-2-1-3-5-18/h1-2,4,6-12,15-16,20H,3,5,13-14H2,(H,29,31)/b9-6+/t20-/m1/s1. The zero-order valence-electron chi connectivity index (χ0n) is 18.6. The number of fused-ring (bicyclic) bond motifs is 1. The van der Waals surface area contributed by atoms with E-state index >= 15 is 0 Å². The molecule has 3 heterocycles. The molecule has 0 unspecified atom stereocenters. The largest absolute Gasteiger partial charge is 0.463 e. The Hall–Kier alpha value is -4.40.